The minimum absolute atomic E-state index is 0.344. The first-order valence-corrected chi connectivity index (χ1v) is 12.7. The predicted octanol–water partition coefficient (Wildman–Crippen LogP) is 6.68. The van der Waals surface area contributed by atoms with Gasteiger partial charge in [-0.2, -0.15) is 0 Å². The van der Waals surface area contributed by atoms with Gasteiger partial charge in [-0.25, -0.2) is 0 Å². The van der Waals surface area contributed by atoms with Gasteiger partial charge in [0.15, 0.2) is 0 Å². The normalized spacial score (nSPS) is 9.24. The third-order valence-electron chi connectivity index (χ3n) is 2.85. The molecule has 5 heteroatoms. The third kappa shape index (κ3) is 44.9. The van der Waals surface area contributed by atoms with E-state index in [4.69, 9.17) is 23.7 Å². The predicted molar refractivity (Wildman–Crippen MR) is 95.1 cm³/mol. The van der Waals surface area contributed by atoms with E-state index in [0.29, 0.717) is 6.61 Å². The number of aliphatic hydroxyl groups is 1. The average molecular weight is 377 g/mol. The van der Waals surface area contributed by atoms with Crippen molar-refractivity contribution in [2.24, 2.45) is 0 Å². The van der Waals surface area contributed by atoms with Gasteiger partial charge in [0, 0.05) is 6.61 Å². The van der Waals surface area contributed by atoms with Gasteiger partial charge in [0.2, 0.25) is 0 Å². The fourth-order valence-electron chi connectivity index (χ4n) is 1.57. The molecular weight excluding hydrogens is 341 g/mol. The van der Waals surface area contributed by atoms with Gasteiger partial charge in [0.25, 0.3) is 0 Å². The Morgan fingerprint density at radius 1 is 0.714 bits per heavy atom. The van der Waals surface area contributed by atoms with Crippen molar-refractivity contribution in [1.82, 2.24) is 0 Å². The van der Waals surface area contributed by atoms with E-state index in [1.54, 1.807) is 0 Å². The number of unbranched alkanes of at least 4 members (excludes halogenated alkanes) is 7. The van der Waals surface area contributed by atoms with Crippen LogP contribution in [0.3, 0.4) is 0 Å². The van der Waals surface area contributed by atoms with Gasteiger partial charge in [-0.3, -0.25) is 0 Å². The van der Waals surface area contributed by atoms with Crippen molar-refractivity contribution in [3.05, 3.63) is 5.32 Å². The SMILES string of the molecule is CCCCCC[N-]CCCCCC.CCCCO.[Cl][Ti][Cl]. The van der Waals surface area contributed by atoms with Crippen LogP contribution >= 0.6 is 18.6 Å². The Morgan fingerprint density at radius 2 is 1.10 bits per heavy atom. The molecule has 0 aromatic carbocycles. The molecule has 0 atom stereocenters. The summed E-state index contributed by atoms with van der Waals surface area (Å²) < 4.78 is 0. The van der Waals surface area contributed by atoms with Crippen LogP contribution < -0.4 is 0 Å². The van der Waals surface area contributed by atoms with Crippen LogP contribution in [0.1, 0.15) is 85.0 Å². The molecule has 0 aromatic heterocycles. The summed E-state index contributed by atoms with van der Waals surface area (Å²) in [6.45, 7) is 9.11. The second-order valence-electron chi connectivity index (χ2n) is 4.94. The quantitative estimate of drug-likeness (QED) is 0.299. The van der Waals surface area contributed by atoms with E-state index in [9.17, 15) is 0 Å². The van der Waals surface area contributed by atoms with Crippen LogP contribution in [-0.4, -0.2) is 24.8 Å². The van der Waals surface area contributed by atoms with E-state index in [2.05, 4.69) is 26.1 Å². The van der Waals surface area contributed by atoms with E-state index in [0.717, 1.165) is 25.9 Å². The van der Waals surface area contributed by atoms with E-state index < -0.39 is 17.0 Å². The molecule has 0 bridgehead atoms. The zero-order valence-corrected chi connectivity index (χ0v) is 17.4. The molecule has 0 rings (SSSR count). The third-order valence-corrected chi connectivity index (χ3v) is 2.85. The standard InChI is InChI=1S/C12H26N.C4H10O.2ClH.Ti/c1-3-5-7-9-11-13-12-10-8-6-4-2;1-2-3-4-5;;;/h3-12H2,1-2H3;5H,2-4H2,1H3;2*1H;/q-1;;;;+2/p-2. The number of halogens is 2. The second kappa shape index (κ2) is 33.0. The van der Waals surface area contributed by atoms with Crippen molar-refractivity contribution in [2.45, 2.75) is 85.0 Å². The number of nitrogens with zero attached hydrogens (tertiary/aromatic N) is 1. The van der Waals surface area contributed by atoms with Crippen molar-refractivity contribution >= 4 is 18.6 Å². The van der Waals surface area contributed by atoms with Crippen LogP contribution in [-0.2, 0) is 17.0 Å². The molecular formula is C16H36Cl2NOTi-. The maximum absolute atomic E-state index is 8.07. The Kier molecular flexibility index (Phi) is 42.5. The number of aliphatic hydroxyl groups excluding tert-OH is 1. The van der Waals surface area contributed by atoms with E-state index >= 15 is 0 Å². The summed E-state index contributed by atoms with van der Waals surface area (Å²) in [7, 11) is 9.78. The van der Waals surface area contributed by atoms with Gasteiger partial charge in [0.1, 0.15) is 0 Å². The zero-order chi connectivity index (χ0) is 16.6. The molecule has 0 amide bonds. The zero-order valence-electron chi connectivity index (χ0n) is 14.3. The molecule has 21 heavy (non-hydrogen) atoms. The minimum atomic E-state index is -0.556. The van der Waals surface area contributed by atoms with Gasteiger partial charge in [-0.05, 0) is 6.42 Å². The maximum atomic E-state index is 8.07. The monoisotopic (exact) mass is 376 g/mol. The Hall–Kier alpha value is 1.21. The first-order chi connectivity index (χ1) is 10.2. The van der Waals surface area contributed by atoms with Gasteiger partial charge in [0.05, 0.1) is 0 Å². The summed E-state index contributed by atoms with van der Waals surface area (Å²) in [5.41, 5.74) is 0. The van der Waals surface area contributed by atoms with Crippen molar-refractivity contribution in [3.63, 3.8) is 0 Å². The molecule has 0 saturated carbocycles. The molecule has 0 radical (unpaired) electrons. The van der Waals surface area contributed by atoms with E-state index in [-0.39, 0.29) is 0 Å². The molecule has 130 valence electrons. The molecule has 0 heterocycles. The van der Waals surface area contributed by atoms with Gasteiger partial charge in [-0.1, -0.05) is 78.6 Å². The molecule has 1 N–H and O–H groups in total. The van der Waals surface area contributed by atoms with Crippen molar-refractivity contribution in [3.8, 4) is 0 Å². The molecule has 0 aromatic rings. The van der Waals surface area contributed by atoms with Crippen LogP contribution in [0, 0.1) is 0 Å². The summed E-state index contributed by atoms with van der Waals surface area (Å²) in [6, 6.07) is 0. The summed E-state index contributed by atoms with van der Waals surface area (Å²) >= 11 is -0.556. The average Bonchev–Trinajstić information content (AvgIpc) is 2.48. The number of rotatable bonds is 12. The first kappa shape index (κ1) is 27.1. The molecule has 0 aliphatic carbocycles. The van der Waals surface area contributed by atoms with Crippen LogP contribution in [0.2, 0.25) is 0 Å². The topological polar surface area (TPSA) is 34.3 Å². The van der Waals surface area contributed by atoms with Crippen LogP contribution in [0.15, 0.2) is 0 Å². The molecule has 0 aliphatic rings. The fraction of sp³-hybridized carbons (Fsp3) is 1.00. The van der Waals surface area contributed by atoms with Gasteiger partial charge >= 0.3 is 35.6 Å². The number of hydrogen-bond donors (Lipinski definition) is 1. The fourth-order valence-corrected chi connectivity index (χ4v) is 1.57. The van der Waals surface area contributed by atoms with E-state index in [1.807, 2.05) is 0 Å². The molecule has 0 fully saturated rings. The summed E-state index contributed by atoms with van der Waals surface area (Å²) in [5.74, 6) is 0. The number of hydrogen-bond acceptors (Lipinski definition) is 1. The molecule has 0 unspecified atom stereocenters. The van der Waals surface area contributed by atoms with Gasteiger partial charge in [-0.15, -0.1) is 13.1 Å². The Labute approximate surface area is 150 Å². The van der Waals surface area contributed by atoms with Crippen LogP contribution in [0.4, 0.5) is 0 Å². The molecule has 0 saturated heterocycles. The molecule has 0 spiro atoms. The van der Waals surface area contributed by atoms with Crippen molar-refractivity contribution in [1.29, 1.82) is 0 Å². The Bertz CT molecular complexity index is 131. The van der Waals surface area contributed by atoms with Crippen LogP contribution in [0.25, 0.3) is 5.32 Å². The summed E-state index contributed by atoms with van der Waals surface area (Å²) in [6.07, 6.45) is 12.8. The Morgan fingerprint density at radius 3 is 1.33 bits per heavy atom. The molecule has 0 aliphatic heterocycles. The van der Waals surface area contributed by atoms with E-state index in [1.165, 1.54) is 51.4 Å². The van der Waals surface area contributed by atoms with Crippen molar-refractivity contribution in [2.75, 3.05) is 19.7 Å². The summed E-state index contributed by atoms with van der Waals surface area (Å²) in [4.78, 5) is 0. The Balaban J connectivity index is -0.000000335. The summed E-state index contributed by atoms with van der Waals surface area (Å²) in [5, 5.41) is 12.6. The van der Waals surface area contributed by atoms with Crippen LogP contribution in [0.5, 0.6) is 0 Å². The van der Waals surface area contributed by atoms with Crippen molar-refractivity contribution < 1.29 is 22.1 Å². The van der Waals surface area contributed by atoms with Gasteiger partial charge < -0.3 is 10.4 Å². The first-order valence-electron chi connectivity index (χ1n) is 8.45. The molecule has 2 nitrogen and oxygen atoms in total. The second-order valence-corrected chi connectivity index (χ2v) is 7.52.